The second-order valence-electron chi connectivity index (χ2n) is 8.64. The molecule has 1 aliphatic heterocycles. The van der Waals surface area contributed by atoms with Crippen molar-refractivity contribution in [2.45, 2.75) is 18.9 Å². The van der Waals surface area contributed by atoms with E-state index < -0.39 is 5.97 Å². The lowest BCUT2D eigenvalue weighted by atomic mass is 10.0. The minimum absolute atomic E-state index is 0.00150. The number of H-pyrrole nitrogens is 1. The van der Waals surface area contributed by atoms with Crippen molar-refractivity contribution in [3.05, 3.63) is 53.3 Å². The number of ether oxygens (including phenoxy) is 2. The number of para-hydroxylation sites is 1. The molecule has 0 saturated carbocycles. The van der Waals surface area contributed by atoms with E-state index in [1.165, 1.54) is 7.11 Å². The molecule has 4 heterocycles. The van der Waals surface area contributed by atoms with E-state index in [1.54, 1.807) is 18.1 Å². The van der Waals surface area contributed by atoms with Crippen molar-refractivity contribution in [3.63, 3.8) is 0 Å². The molecule has 1 saturated heterocycles. The van der Waals surface area contributed by atoms with Crippen molar-refractivity contribution in [2.75, 3.05) is 39.2 Å². The minimum Gasteiger partial charge on any atom is -0.480 e. The number of amides is 1. The number of aromatic nitrogens is 4. The average Bonchev–Trinajstić information content (AvgIpc) is 3.65. The lowest BCUT2D eigenvalue weighted by molar-refractivity contribution is -0.134. The van der Waals surface area contributed by atoms with Crippen LogP contribution in [0.2, 0.25) is 0 Å². The van der Waals surface area contributed by atoms with Gasteiger partial charge in [-0.2, -0.15) is 4.98 Å². The van der Waals surface area contributed by atoms with Gasteiger partial charge in [0.15, 0.2) is 11.4 Å². The van der Waals surface area contributed by atoms with E-state index in [0.717, 1.165) is 22.9 Å². The molecule has 4 aromatic rings. The van der Waals surface area contributed by atoms with Gasteiger partial charge in [-0.1, -0.05) is 18.2 Å². The number of likely N-dealkylation sites (tertiary alicyclic amines) is 1. The topological polar surface area (TPSA) is 156 Å². The number of aromatic amines is 1. The summed E-state index contributed by atoms with van der Waals surface area (Å²) in [6, 6.07) is 9.61. The number of aliphatic carboxylic acids is 1. The third kappa shape index (κ3) is 4.96. The third-order valence-corrected chi connectivity index (χ3v) is 6.31. The Bertz CT molecular complexity index is 1450. The first-order valence-electron chi connectivity index (χ1n) is 11.7. The molecule has 1 atom stereocenters. The number of hydrogen-bond acceptors (Lipinski definition) is 9. The van der Waals surface area contributed by atoms with Crippen LogP contribution >= 0.6 is 0 Å². The van der Waals surface area contributed by atoms with E-state index in [1.807, 2.05) is 30.5 Å². The highest BCUT2D eigenvalue weighted by atomic mass is 16.5. The largest absolute Gasteiger partial charge is 0.480 e. The molecule has 1 amide bonds. The maximum atomic E-state index is 13.2. The molecule has 1 fully saturated rings. The molecule has 0 aliphatic carbocycles. The second-order valence-corrected chi connectivity index (χ2v) is 8.64. The number of fused-ring (bicyclic) bond motifs is 1. The fraction of sp³-hybridized carbons (Fsp3) is 0.320. The Kier molecular flexibility index (Phi) is 6.73. The molecule has 0 bridgehead atoms. The van der Waals surface area contributed by atoms with Gasteiger partial charge in [0.05, 0.1) is 13.2 Å². The quantitative estimate of drug-likeness (QED) is 0.308. The fourth-order valence-corrected chi connectivity index (χ4v) is 4.41. The fourth-order valence-electron chi connectivity index (χ4n) is 4.41. The van der Waals surface area contributed by atoms with E-state index in [2.05, 4.69) is 25.5 Å². The van der Waals surface area contributed by atoms with Crippen molar-refractivity contribution >= 4 is 28.7 Å². The lowest BCUT2D eigenvalue weighted by Gasteiger charge is -2.16. The molecule has 5 rings (SSSR count). The van der Waals surface area contributed by atoms with Gasteiger partial charge in [-0.3, -0.25) is 9.59 Å². The maximum absolute atomic E-state index is 13.2. The van der Waals surface area contributed by atoms with E-state index in [-0.39, 0.29) is 41.9 Å². The monoisotopic (exact) mass is 506 g/mol. The van der Waals surface area contributed by atoms with Gasteiger partial charge in [-0.15, -0.1) is 10.2 Å². The van der Waals surface area contributed by atoms with Crippen LogP contribution in [0.25, 0.3) is 22.5 Å². The van der Waals surface area contributed by atoms with Gasteiger partial charge in [-0.25, -0.2) is 0 Å². The van der Waals surface area contributed by atoms with Crippen LogP contribution < -0.4 is 10.1 Å². The summed E-state index contributed by atoms with van der Waals surface area (Å²) in [4.78, 5) is 33.5. The number of nitrogens with one attached hydrogen (secondary N) is 2. The van der Waals surface area contributed by atoms with Gasteiger partial charge in [0.25, 0.3) is 23.6 Å². The van der Waals surface area contributed by atoms with Crippen molar-refractivity contribution in [2.24, 2.45) is 0 Å². The van der Waals surface area contributed by atoms with Gasteiger partial charge in [-0.05, 0) is 29.7 Å². The molecular weight excluding hydrogens is 480 g/mol. The van der Waals surface area contributed by atoms with Gasteiger partial charge in [0, 0.05) is 43.7 Å². The molecule has 1 aromatic carbocycles. The van der Waals surface area contributed by atoms with Crippen LogP contribution in [0.5, 0.6) is 5.88 Å². The van der Waals surface area contributed by atoms with Crippen LogP contribution in [0.1, 0.15) is 28.0 Å². The van der Waals surface area contributed by atoms with Crippen LogP contribution in [0, 0.1) is 0 Å². The summed E-state index contributed by atoms with van der Waals surface area (Å²) >= 11 is 0. The normalized spacial score (nSPS) is 15.3. The summed E-state index contributed by atoms with van der Waals surface area (Å²) in [5.41, 5.74) is 3.17. The van der Waals surface area contributed by atoms with E-state index in [9.17, 15) is 9.59 Å². The van der Waals surface area contributed by atoms with E-state index in [4.69, 9.17) is 19.0 Å². The summed E-state index contributed by atoms with van der Waals surface area (Å²) in [7, 11) is 3.04. The van der Waals surface area contributed by atoms with Crippen LogP contribution in [0.4, 0.5) is 5.88 Å². The van der Waals surface area contributed by atoms with Crippen LogP contribution in [0.3, 0.4) is 0 Å². The number of rotatable bonds is 9. The number of benzene rings is 1. The molecule has 12 nitrogen and oxygen atoms in total. The highest BCUT2D eigenvalue weighted by molar-refractivity contribution is 5.93. The van der Waals surface area contributed by atoms with Crippen molar-refractivity contribution in [3.8, 4) is 17.5 Å². The summed E-state index contributed by atoms with van der Waals surface area (Å²) < 4.78 is 16.4. The zero-order valence-electron chi connectivity index (χ0n) is 20.4. The summed E-state index contributed by atoms with van der Waals surface area (Å²) in [5.74, 6) is -1.07. The number of carbonyl (C=O) groups is 2. The Morgan fingerprint density at radius 1 is 1.24 bits per heavy atom. The third-order valence-electron chi connectivity index (χ3n) is 6.31. The Morgan fingerprint density at radius 2 is 2.08 bits per heavy atom. The Labute approximate surface area is 211 Å². The molecule has 1 unspecified atom stereocenters. The maximum Gasteiger partial charge on any atom is 0.322 e. The average molecular weight is 507 g/mol. The highest BCUT2D eigenvalue weighted by Crippen LogP contribution is 2.33. The number of nitrogens with zero attached hydrogens (tertiary/aromatic N) is 4. The predicted molar refractivity (Wildman–Crippen MR) is 133 cm³/mol. The van der Waals surface area contributed by atoms with Gasteiger partial charge in [0.1, 0.15) is 6.54 Å². The van der Waals surface area contributed by atoms with Crippen molar-refractivity contribution in [1.29, 1.82) is 0 Å². The van der Waals surface area contributed by atoms with Crippen LogP contribution in [0.15, 0.2) is 40.9 Å². The zero-order chi connectivity index (χ0) is 25.9. The standard InChI is InChI=1S/C25H26N6O6/c1-35-16-7-8-31(13-16)25(34)19-10-14(9-15-11-26-18-6-4-3-5-17(15)18)21(30-29-19)22-28-24(36-2)23(37-22)27-12-20(32)33/h3-6,10-11,16,26-27H,7-9,12-13H2,1-2H3,(H,32,33). The molecule has 12 heteroatoms. The highest BCUT2D eigenvalue weighted by Gasteiger charge is 2.29. The van der Waals surface area contributed by atoms with Crippen LogP contribution in [-0.2, 0) is 16.0 Å². The number of carboxylic acid groups (broad SMARTS) is 1. The molecule has 0 spiro atoms. The Morgan fingerprint density at radius 3 is 2.84 bits per heavy atom. The number of oxazole rings is 1. The lowest BCUT2D eigenvalue weighted by Crippen LogP contribution is -2.31. The van der Waals surface area contributed by atoms with Crippen molar-refractivity contribution < 1.29 is 28.6 Å². The van der Waals surface area contributed by atoms with E-state index >= 15 is 0 Å². The van der Waals surface area contributed by atoms with Gasteiger partial charge >= 0.3 is 5.97 Å². The van der Waals surface area contributed by atoms with Crippen molar-refractivity contribution in [1.82, 2.24) is 25.1 Å². The summed E-state index contributed by atoms with van der Waals surface area (Å²) in [5, 5.41) is 21.2. The molecule has 3 N–H and O–H groups in total. The number of carbonyl (C=O) groups excluding carboxylic acids is 1. The molecule has 192 valence electrons. The Balaban J connectivity index is 1.54. The summed E-state index contributed by atoms with van der Waals surface area (Å²) in [6.45, 7) is 0.685. The molecule has 1 aliphatic rings. The zero-order valence-corrected chi connectivity index (χ0v) is 20.4. The van der Waals surface area contributed by atoms with Gasteiger partial charge < -0.3 is 34.2 Å². The number of carboxylic acids is 1. The van der Waals surface area contributed by atoms with E-state index in [0.29, 0.717) is 30.8 Å². The molecular formula is C25H26N6O6. The smallest absolute Gasteiger partial charge is 0.322 e. The van der Waals surface area contributed by atoms with Gasteiger partial charge in [0.2, 0.25) is 0 Å². The first-order chi connectivity index (χ1) is 18.0. The number of hydrogen-bond donors (Lipinski definition) is 3. The SMILES string of the molecule is COc1nc(-c2nnc(C(=O)N3CCC(OC)C3)cc2Cc2c[nH]c3ccccc23)oc1NCC(=O)O. The first-order valence-corrected chi connectivity index (χ1v) is 11.7. The number of methoxy groups -OCH3 is 2. The Hall–Kier alpha value is -4.45. The molecule has 37 heavy (non-hydrogen) atoms. The predicted octanol–water partition coefficient (Wildman–Crippen LogP) is 2.57. The first kappa shape index (κ1) is 24.3. The second kappa shape index (κ2) is 10.3. The molecule has 3 aromatic heterocycles. The van der Waals surface area contributed by atoms with Crippen LogP contribution in [-0.4, -0.2) is 82.0 Å². The number of anilines is 1. The minimum atomic E-state index is -1.07. The molecule has 0 radical (unpaired) electrons. The summed E-state index contributed by atoms with van der Waals surface area (Å²) in [6.07, 6.45) is 3.09.